The molecule has 14 heavy (non-hydrogen) atoms. The number of carboxylic acid groups (broad SMARTS) is 1. The van der Waals surface area contributed by atoms with E-state index in [1.54, 1.807) is 6.07 Å². The van der Waals surface area contributed by atoms with E-state index in [0.717, 1.165) is 0 Å². The summed E-state index contributed by atoms with van der Waals surface area (Å²) in [4.78, 5) is 14.7. The van der Waals surface area contributed by atoms with Crippen molar-refractivity contribution in [2.45, 2.75) is 5.75 Å². The molecule has 0 spiro atoms. The summed E-state index contributed by atoms with van der Waals surface area (Å²) in [5, 5.41) is 8.73. The molecular weight excluding hydrogens is 202 g/mol. The summed E-state index contributed by atoms with van der Waals surface area (Å²) in [6.45, 7) is 0. The van der Waals surface area contributed by atoms with E-state index in [1.165, 1.54) is 12.1 Å². The predicted octanol–water partition coefficient (Wildman–Crippen LogP) is 1.96. The third-order valence-corrected chi connectivity index (χ3v) is 2.08. The zero-order valence-corrected chi connectivity index (χ0v) is 7.99. The molecule has 0 saturated carbocycles. The van der Waals surface area contributed by atoms with Crippen molar-refractivity contribution in [1.29, 1.82) is 0 Å². The highest BCUT2D eigenvalue weighted by Gasteiger charge is 2.08. The molecule has 0 atom stereocenters. The maximum absolute atomic E-state index is 10.6. The van der Waals surface area contributed by atoms with Gasteiger partial charge in [0.15, 0.2) is 5.58 Å². The summed E-state index contributed by atoms with van der Waals surface area (Å²) >= 11 is 4.01. The second-order valence-electron chi connectivity index (χ2n) is 2.75. The van der Waals surface area contributed by atoms with Crippen LogP contribution < -0.4 is 0 Å². The number of oxazole rings is 1. The van der Waals surface area contributed by atoms with Crippen LogP contribution in [0.25, 0.3) is 11.1 Å². The Morgan fingerprint density at radius 3 is 3.00 bits per heavy atom. The van der Waals surface area contributed by atoms with Crippen LogP contribution in [0.2, 0.25) is 0 Å². The highest BCUT2D eigenvalue weighted by atomic mass is 32.1. The van der Waals surface area contributed by atoms with Crippen LogP contribution in [0.3, 0.4) is 0 Å². The van der Waals surface area contributed by atoms with E-state index >= 15 is 0 Å². The Balaban J connectivity index is 2.59. The van der Waals surface area contributed by atoms with Gasteiger partial charge in [0.2, 0.25) is 5.89 Å². The van der Waals surface area contributed by atoms with E-state index in [0.29, 0.717) is 22.7 Å². The van der Waals surface area contributed by atoms with Crippen LogP contribution in [0, 0.1) is 0 Å². The van der Waals surface area contributed by atoms with E-state index in [1.807, 2.05) is 0 Å². The van der Waals surface area contributed by atoms with Crippen LogP contribution in [0.5, 0.6) is 0 Å². The number of hydrogen-bond donors (Lipinski definition) is 2. The molecule has 0 aliphatic heterocycles. The molecule has 0 bridgehead atoms. The Kier molecular flexibility index (Phi) is 2.17. The van der Waals surface area contributed by atoms with Crippen LogP contribution in [0.15, 0.2) is 22.6 Å². The van der Waals surface area contributed by atoms with Gasteiger partial charge in [0, 0.05) is 0 Å². The molecular formula is C9H7NO3S. The molecule has 0 radical (unpaired) electrons. The highest BCUT2D eigenvalue weighted by Crippen LogP contribution is 2.18. The molecule has 5 heteroatoms. The lowest BCUT2D eigenvalue weighted by molar-refractivity contribution is 0.0697. The zero-order valence-electron chi connectivity index (χ0n) is 7.10. The number of thiol groups is 1. The van der Waals surface area contributed by atoms with E-state index < -0.39 is 5.97 Å². The first-order valence-electron chi connectivity index (χ1n) is 3.94. The fourth-order valence-corrected chi connectivity index (χ4v) is 1.31. The van der Waals surface area contributed by atoms with Crippen molar-refractivity contribution in [3.63, 3.8) is 0 Å². The van der Waals surface area contributed by atoms with Gasteiger partial charge in [0.25, 0.3) is 0 Å². The maximum Gasteiger partial charge on any atom is 0.335 e. The monoisotopic (exact) mass is 209 g/mol. The van der Waals surface area contributed by atoms with Gasteiger partial charge in [-0.15, -0.1) is 0 Å². The minimum atomic E-state index is -0.970. The van der Waals surface area contributed by atoms with Gasteiger partial charge >= 0.3 is 5.97 Å². The van der Waals surface area contributed by atoms with Crippen molar-refractivity contribution in [3.05, 3.63) is 29.7 Å². The van der Waals surface area contributed by atoms with Crippen molar-refractivity contribution < 1.29 is 14.3 Å². The molecule has 0 unspecified atom stereocenters. The zero-order chi connectivity index (χ0) is 10.1. The summed E-state index contributed by atoms with van der Waals surface area (Å²) in [5.74, 6) is -0.0786. The third-order valence-electron chi connectivity index (χ3n) is 1.81. The lowest BCUT2D eigenvalue weighted by Crippen LogP contribution is -1.94. The Labute approximate surface area is 85.0 Å². The average Bonchev–Trinajstić information content (AvgIpc) is 2.58. The quantitative estimate of drug-likeness (QED) is 0.742. The molecule has 0 aliphatic carbocycles. The number of rotatable bonds is 2. The normalized spacial score (nSPS) is 10.6. The minimum absolute atomic E-state index is 0.205. The highest BCUT2D eigenvalue weighted by molar-refractivity contribution is 7.79. The van der Waals surface area contributed by atoms with Crippen molar-refractivity contribution in [2.24, 2.45) is 0 Å². The molecule has 2 rings (SSSR count). The summed E-state index contributed by atoms with van der Waals surface area (Å²) in [6, 6.07) is 4.56. The van der Waals surface area contributed by atoms with Crippen molar-refractivity contribution in [3.8, 4) is 0 Å². The average molecular weight is 209 g/mol. The first kappa shape index (κ1) is 9.08. The summed E-state index contributed by atoms with van der Waals surface area (Å²) in [5.41, 5.74) is 1.34. The van der Waals surface area contributed by atoms with E-state index in [4.69, 9.17) is 9.52 Å². The molecule has 0 fully saturated rings. The van der Waals surface area contributed by atoms with E-state index in [9.17, 15) is 4.79 Å². The van der Waals surface area contributed by atoms with Crippen molar-refractivity contribution >= 4 is 29.7 Å². The van der Waals surface area contributed by atoms with Gasteiger partial charge in [-0.05, 0) is 18.2 Å². The van der Waals surface area contributed by atoms with Gasteiger partial charge < -0.3 is 9.52 Å². The van der Waals surface area contributed by atoms with Crippen LogP contribution in [-0.4, -0.2) is 16.1 Å². The smallest absolute Gasteiger partial charge is 0.335 e. The van der Waals surface area contributed by atoms with Crippen LogP contribution >= 0.6 is 12.6 Å². The number of carboxylic acids is 1. The first-order valence-corrected chi connectivity index (χ1v) is 4.57. The minimum Gasteiger partial charge on any atom is -0.478 e. The van der Waals surface area contributed by atoms with Gasteiger partial charge in [-0.25, -0.2) is 9.78 Å². The molecule has 0 amide bonds. The van der Waals surface area contributed by atoms with Gasteiger partial charge in [0.1, 0.15) is 5.52 Å². The second kappa shape index (κ2) is 3.34. The lowest BCUT2D eigenvalue weighted by Gasteiger charge is -1.91. The van der Waals surface area contributed by atoms with Crippen molar-refractivity contribution in [1.82, 2.24) is 4.98 Å². The maximum atomic E-state index is 10.6. The number of aromatic nitrogens is 1. The standard InChI is InChI=1S/C9H7NO3S/c11-9(12)5-1-2-7-6(3-5)10-8(4-14)13-7/h1-3,14H,4H2,(H,11,12). The van der Waals surface area contributed by atoms with Crippen LogP contribution in [0.4, 0.5) is 0 Å². The molecule has 72 valence electrons. The molecule has 4 nitrogen and oxygen atoms in total. The van der Waals surface area contributed by atoms with Crippen LogP contribution in [0.1, 0.15) is 16.2 Å². The molecule has 1 aromatic carbocycles. The molecule has 0 aliphatic rings. The largest absolute Gasteiger partial charge is 0.478 e. The Bertz CT molecular complexity index is 492. The Morgan fingerprint density at radius 1 is 1.57 bits per heavy atom. The van der Waals surface area contributed by atoms with Gasteiger partial charge in [-0.2, -0.15) is 12.6 Å². The summed E-state index contributed by atoms with van der Waals surface area (Å²) in [7, 11) is 0. The first-order chi connectivity index (χ1) is 6.70. The van der Waals surface area contributed by atoms with Crippen molar-refractivity contribution in [2.75, 3.05) is 0 Å². The topological polar surface area (TPSA) is 63.3 Å². The third kappa shape index (κ3) is 1.46. The van der Waals surface area contributed by atoms with Gasteiger partial charge in [-0.1, -0.05) is 0 Å². The number of carbonyl (C=O) groups is 1. The SMILES string of the molecule is O=C(O)c1ccc2oc(CS)nc2c1. The Hall–Kier alpha value is -1.49. The number of hydrogen-bond acceptors (Lipinski definition) is 4. The lowest BCUT2D eigenvalue weighted by atomic mass is 10.2. The molecule has 1 N–H and O–H groups in total. The number of nitrogens with zero attached hydrogens (tertiary/aromatic N) is 1. The molecule has 1 aromatic heterocycles. The Morgan fingerprint density at radius 2 is 2.36 bits per heavy atom. The fraction of sp³-hybridized carbons (Fsp3) is 0.111. The number of fused-ring (bicyclic) bond motifs is 1. The fourth-order valence-electron chi connectivity index (χ4n) is 1.18. The summed E-state index contributed by atoms with van der Waals surface area (Å²) < 4.78 is 5.27. The second-order valence-corrected chi connectivity index (χ2v) is 3.07. The van der Waals surface area contributed by atoms with Gasteiger partial charge in [-0.3, -0.25) is 0 Å². The molecule has 1 heterocycles. The van der Waals surface area contributed by atoms with E-state index in [2.05, 4.69) is 17.6 Å². The molecule has 0 saturated heterocycles. The summed E-state index contributed by atoms with van der Waals surface area (Å²) in [6.07, 6.45) is 0. The van der Waals surface area contributed by atoms with E-state index in [-0.39, 0.29) is 5.56 Å². The van der Waals surface area contributed by atoms with Gasteiger partial charge in [0.05, 0.1) is 11.3 Å². The number of aromatic carboxylic acids is 1. The van der Waals surface area contributed by atoms with Crippen LogP contribution in [-0.2, 0) is 5.75 Å². The molecule has 2 aromatic rings. The predicted molar refractivity (Wildman–Crippen MR) is 53.7 cm³/mol. The number of benzene rings is 1.